The summed E-state index contributed by atoms with van der Waals surface area (Å²) in [5.74, 6) is 0.675. The molecule has 1 aromatic carbocycles. The molecule has 0 bridgehead atoms. The first-order valence-corrected chi connectivity index (χ1v) is 7.02. The van der Waals surface area contributed by atoms with Crippen LogP contribution < -0.4 is 0 Å². The Morgan fingerprint density at radius 3 is 3.00 bits per heavy atom. The number of ether oxygens (including phenoxy) is 1. The van der Waals surface area contributed by atoms with Gasteiger partial charge >= 0.3 is 0 Å². The minimum Gasteiger partial charge on any atom is -0.380 e. The lowest BCUT2D eigenvalue weighted by atomic mass is 9.95. The molecule has 104 valence electrons. The Kier molecular flexibility index (Phi) is 4.97. The summed E-state index contributed by atoms with van der Waals surface area (Å²) in [5.41, 5.74) is 0.681. The van der Waals surface area contributed by atoms with Crippen molar-refractivity contribution in [3.05, 3.63) is 34.9 Å². The SMILES string of the molecule is COC1CN(CC(=O)c2cccc(Cl)c2)CCC1C. The van der Waals surface area contributed by atoms with Crippen LogP contribution in [0, 0.1) is 5.92 Å². The highest BCUT2D eigenvalue weighted by molar-refractivity contribution is 6.31. The van der Waals surface area contributed by atoms with E-state index in [1.165, 1.54) is 0 Å². The van der Waals surface area contributed by atoms with Crippen LogP contribution in [-0.4, -0.2) is 43.5 Å². The summed E-state index contributed by atoms with van der Waals surface area (Å²) in [5, 5.41) is 0.605. The Morgan fingerprint density at radius 1 is 1.53 bits per heavy atom. The average Bonchev–Trinajstić information content (AvgIpc) is 2.41. The second-order valence-electron chi connectivity index (χ2n) is 5.21. The zero-order valence-corrected chi connectivity index (χ0v) is 12.2. The topological polar surface area (TPSA) is 29.5 Å². The van der Waals surface area contributed by atoms with Crippen LogP contribution in [0.3, 0.4) is 0 Å². The second-order valence-corrected chi connectivity index (χ2v) is 5.65. The van der Waals surface area contributed by atoms with Gasteiger partial charge in [-0.3, -0.25) is 9.69 Å². The van der Waals surface area contributed by atoms with Gasteiger partial charge in [-0.05, 0) is 31.0 Å². The summed E-state index contributed by atoms with van der Waals surface area (Å²) >= 11 is 5.91. The number of likely N-dealkylation sites (tertiary alicyclic amines) is 1. The van der Waals surface area contributed by atoms with Crippen LogP contribution >= 0.6 is 11.6 Å². The number of rotatable bonds is 4. The summed E-state index contributed by atoms with van der Waals surface area (Å²) < 4.78 is 5.47. The molecule has 1 saturated heterocycles. The normalized spacial score (nSPS) is 24.4. The molecule has 19 heavy (non-hydrogen) atoms. The first-order valence-electron chi connectivity index (χ1n) is 6.64. The lowest BCUT2D eigenvalue weighted by molar-refractivity contribution is -0.00324. The molecule has 1 aliphatic heterocycles. The number of ketones is 1. The summed E-state index contributed by atoms with van der Waals surface area (Å²) in [6, 6.07) is 7.13. The van der Waals surface area contributed by atoms with Gasteiger partial charge in [0, 0.05) is 24.2 Å². The van der Waals surface area contributed by atoms with Crippen LogP contribution in [0.5, 0.6) is 0 Å². The van der Waals surface area contributed by atoms with Crippen molar-refractivity contribution >= 4 is 17.4 Å². The van der Waals surface area contributed by atoms with Crippen LogP contribution in [0.1, 0.15) is 23.7 Å². The predicted molar refractivity (Wildman–Crippen MR) is 76.8 cm³/mol. The summed E-state index contributed by atoms with van der Waals surface area (Å²) in [6.45, 7) is 4.41. The van der Waals surface area contributed by atoms with E-state index >= 15 is 0 Å². The molecule has 0 saturated carbocycles. The van der Waals surface area contributed by atoms with Gasteiger partial charge in [0.1, 0.15) is 0 Å². The van der Waals surface area contributed by atoms with E-state index in [0.29, 0.717) is 23.0 Å². The van der Waals surface area contributed by atoms with Gasteiger partial charge in [-0.25, -0.2) is 0 Å². The molecule has 0 aliphatic carbocycles. The molecule has 1 aliphatic rings. The number of hydrogen-bond acceptors (Lipinski definition) is 3. The molecule has 0 N–H and O–H groups in total. The fourth-order valence-electron chi connectivity index (χ4n) is 2.50. The molecule has 2 atom stereocenters. The molecule has 2 rings (SSSR count). The largest absolute Gasteiger partial charge is 0.380 e. The van der Waals surface area contributed by atoms with E-state index < -0.39 is 0 Å². The zero-order valence-electron chi connectivity index (χ0n) is 11.4. The van der Waals surface area contributed by atoms with Crippen molar-refractivity contribution < 1.29 is 9.53 Å². The third kappa shape index (κ3) is 3.78. The summed E-state index contributed by atoms with van der Waals surface area (Å²) in [7, 11) is 1.74. The van der Waals surface area contributed by atoms with Gasteiger partial charge in [-0.2, -0.15) is 0 Å². The first kappa shape index (κ1) is 14.5. The molecular formula is C15H20ClNO2. The highest BCUT2D eigenvalue weighted by Crippen LogP contribution is 2.20. The Morgan fingerprint density at radius 2 is 2.32 bits per heavy atom. The minimum atomic E-state index is 0.118. The van der Waals surface area contributed by atoms with Crippen molar-refractivity contribution in [1.82, 2.24) is 4.90 Å². The number of carbonyl (C=O) groups is 1. The third-order valence-electron chi connectivity index (χ3n) is 3.79. The van der Waals surface area contributed by atoms with Crippen LogP contribution in [0.2, 0.25) is 5.02 Å². The molecule has 1 aromatic rings. The lowest BCUT2D eigenvalue weighted by Crippen LogP contribution is -2.45. The third-order valence-corrected chi connectivity index (χ3v) is 4.03. The molecule has 1 fully saturated rings. The quantitative estimate of drug-likeness (QED) is 0.795. The number of halogens is 1. The molecule has 0 amide bonds. The number of nitrogens with zero attached hydrogens (tertiary/aromatic N) is 1. The number of methoxy groups -OCH3 is 1. The van der Waals surface area contributed by atoms with Crippen LogP contribution in [0.25, 0.3) is 0 Å². The summed E-state index contributed by atoms with van der Waals surface area (Å²) in [4.78, 5) is 14.4. The van der Waals surface area contributed by atoms with Gasteiger partial charge in [0.05, 0.1) is 12.6 Å². The lowest BCUT2D eigenvalue weighted by Gasteiger charge is -2.35. The minimum absolute atomic E-state index is 0.118. The van der Waals surface area contributed by atoms with Gasteiger partial charge in [0.15, 0.2) is 5.78 Å². The Hall–Kier alpha value is -0.900. The van der Waals surface area contributed by atoms with E-state index in [-0.39, 0.29) is 11.9 Å². The van der Waals surface area contributed by atoms with E-state index in [9.17, 15) is 4.79 Å². The van der Waals surface area contributed by atoms with Crippen molar-refractivity contribution in [2.75, 3.05) is 26.7 Å². The zero-order chi connectivity index (χ0) is 13.8. The van der Waals surface area contributed by atoms with Gasteiger partial charge in [0.25, 0.3) is 0 Å². The van der Waals surface area contributed by atoms with E-state index in [1.54, 1.807) is 19.2 Å². The van der Waals surface area contributed by atoms with E-state index in [4.69, 9.17) is 16.3 Å². The molecule has 2 unspecified atom stereocenters. The first-order chi connectivity index (χ1) is 9.10. The van der Waals surface area contributed by atoms with Crippen molar-refractivity contribution in [2.24, 2.45) is 5.92 Å². The van der Waals surface area contributed by atoms with Crippen LogP contribution in [0.4, 0.5) is 0 Å². The molecule has 3 nitrogen and oxygen atoms in total. The average molecular weight is 282 g/mol. The molecule has 0 radical (unpaired) electrons. The maximum Gasteiger partial charge on any atom is 0.176 e. The van der Waals surface area contributed by atoms with E-state index in [2.05, 4.69) is 11.8 Å². The van der Waals surface area contributed by atoms with Crippen LogP contribution in [0.15, 0.2) is 24.3 Å². The molecule has 0 spiro atoms. The highest BCUT2D eigenvalue weighted by Gasteiger charge is 2.27. The molecule has 4 heteroatoms. The second kappa shape index (κ2) is 6.51. The fraction of sp³-hybridized carbons (Fsp3) is 0.533. The number of Topliss-reactive ketones (excluding diaryl/α,β-unsaturated/α-hetero) is 1. The Balaban J connectivity index is 1.96. The predicted octanol–water partition coefficient (Wildman–Crippen LogP) is 2.88. The molecular weight excluding hydrogens is 262 g/mol. The van der Waals surface area contributed by atoms with Gasteiger partial charge in [0.2, 0.25) is 0 Å². The van der Waals surface area contributed by atoms with Crippen molar-refractivity contribution in [3.8, 4) is 0 Å². The van der Waals surface area contributed by atoms with Gasteiger partial charge < -0.3 is 4.74 Å². The van der Waals surface area contributed by atoms with Crippen molar-refractivity contribution in [2.45, 2.75) is 19.4 Å². The standard InChI is InChI=1S/C15H20ClNO2/c1-11-6-7-17(10-15(11)19-2)9-14(18)12-4-3-5-13(16)8-12/h3-5,8,11,15H,6-7,9-10H2,1-2H3. The number of hydrogen-bond donors (Lipinski definition) is 0. The Bertz CT molecular complexity index is 450. The van der Waals surface area contributed by atoms with Gasteiger partial charge in [-0.1, -0.05) is 30.7 Å². The highest BCUT2D eigenvalue weighted by atomic mass is 35.5. The number of carbonyl (C=O) groups excluding carboxylic acids is 1. The van der Waals surface area contributed by atoms with Crippen LogP contribution in [-0.2, 0) is 4.74 Å². The summed E-state index contributed by atoms with van der Waals surface area (Å²) in [6.07, 6.45) is 1.29. The van der Waals surface area contributed by atoms with E-state index in [0.717, 1.165) is 19.5 Å². The number of benzene rings is 1. The van der Waals surface area contributed by atoms with Gasteiger partial charge in [-0.15, -0.1) is 0 Å². The maximum absolute atomic E-state index is 12.2. The molecule has 0 aromatic heterocycles. The smallest absolute Gasteiger partial charge is 0.176 e. The van der Waals surface area contributed by atoms with Crippen molar-refractivity contribution in [3.63, 3.8) is 0 Å². The molecule has 1 heterocycles. The fourth-order valence-corrected chi connectivity index (χ4v) is 2.69. The maximum atomic E-state index is 12.2. The van der Waals surface area contributed by atoms with Crippen molar-refractivity contribution in [1.29, 1.82) is 0 Å². The number of piperidine rings is 1. The Labute approximate surface area is 119 Å². The van der Waals surface area contributed by atoms with E-state index in [1.807, 2.05) is 12.1 Å². The monoisotopic (exact) mass is 281 g/mol.